The van der Waals surface area contributed by atoms with E-state index in [9.17, 15) is 0 Å². The van der Waals surface area contributed by atoms with Crippen LogP contribution in [0, 0.1) is 0 Å². The number of nitrogens with zero attached hydrogens (tertiary/aromatic N) is 1. The number of unbranched alkanes of at least 4 members (excludes halogenated alkanes) is 1. The SMILES string of the molecule is CCCC[C@H](c1c2ccccc2cc2ccccc12)N1CCNCC1. The maximum absolute atomic E-state index is 3.51. The van der Waals surface area contributed by atoms with E-state index in [2.05, 4.69) is 71.7 Å². The van der Waals surface area contributed by atoms with Gasteiger partial charge >= 0.3 is 0 Å². The second kappa shape index (κ2) is 7.55. The molecule has 2 nitrogen and oxygen atoms in total. The first-order valence-corrected chi connectivity index (χ1v) is 9.73. The Hall–Kier alpha value is -1.90. The predicted octanol–water partition coefficient (Wildman–Crippen LogP) is 5.13. The minimum atomic E-state index is 0.512. The summed E-state index contributed by atoms with van der Waals surface area (Å²) in [5.41, 5.74) is 1.55. The lowest BCUT2D eigenvalue weighted by Gasteiger charge is -2.36. The first-order valence-electron chi connectivity index (χ1n) is 9.73. The molecule has 1 N–H and O–H groups in total. The van der Waals surface area contributed by atoms with E-state index >= 15 is 0 Å². The Morgan fingerprint density at radius 3 is 2.12 bits per heavy atom. The Morgan fingerprint density at radius 1 is 0.920 bits per heavy atom. The molecule has 25 heavy (non-hydrogen) atoms. The van der Waals surface area contributed by atoms with Crippen LogP contribution in [0.25, 0.3) is 21.5 Å². The van der Waals surface area contributed by atoms with Gasteiger partial charge in [0.2, 0.25) is 0 Å². The lowest BCUT2D eigenvalue weighted by atomic mass is 9.89. The molecular weight excluding hydrogens is 304 g/mol. The Bertz CT molecular complexity index is 795. The summed E-state index contributed by atoms with van der Waals surface area (Å²) in [5.74, 6) is 0. The summed E-state index contributed by atoms with van der Waals surface area (Å²) in [7, 11) is 0. The van der Waals surface area contributed by atoms with Crippen molar-refractivity contribution in [1.29, 1.82) is 0 Å². The summed E-state index contributed by atoms with van der Waals surface area (Å²) in [6, 6.07) is 20.7. The average Bonchev–Trinajstić information content (AvgIpc) is 2.68. The first kappa shape index (κ1) is 16.6. The van der Waals surface area contributed by atoms with Crippen molar-refractivity contribution in [3.8, 4) is 0 Å². The number of piperazine rings is 1. The third-order valence-corrected chi connectivity index (χ3v) is 5.57. The van der Waals surface area contributed by atoms with E-state index in [4.69, 9.17) is 0 Å². The van der Waals surface area contributed by atoms with Gasteiger partial charge in [-0.25, -0.2) is 0 Å². The largest absolute Gasteiger partial charge is 0.314 e. The molecule has 0 amide bonds. The molecule has 0 bridgehead atoms. The highest BCUT2D eigenvalue weighted by atomic mass is 15.2. The third kappa shape index (κ3) is 3.29. The highest BCUT2D eigenvalue weighted by Gasteiger charge is 2.25. The molecule has 4 rings (SSSR count). The van der Waals surface area contributed by atoms with Gasteiger partial charge < -0.3 is 5.32 Å². The third-order valence-electron chi connectivity index (χ3n) is 5.57. The molecule has 1 atom stereocenters. The van der Waals surface area contributed by atoms with Crippen molar-refractivity contribution in [3.05, 3.63) is 60.2 Å². The highest BCUT2D eigenvalue weighted by molar-refractivity contribution is 6.02. The van der Waals surface area contributed by atoms with Gasteiger partial charge in [0.25, 0.3) is 0 Å². The quantitative estimate of drug-likeness (QED) is 0.652. The van der Waals surface area contributed by atoms with Gasteiger partial charge in [0.05, 0.1) is 0 Å². The molecule has 1 fully saturated rings. The summed E-state index contributed by atoms with van der Waals surface area (Å²) >= 11 is 0. The molecule has 3 aromatic carbocycles. The zero-order valence-corrected chi connectivity index (χ0v) is 15.2. The van der Waals surface area contributed by atoms with Crippen LogP contribution < -0.4 is 5.32 Å². The van der Waals surface area contributed by atoms with Gasteiger partial charge in [0.15, 0.2) is 0 Å². The van der Waals surface area contributed by atoms with E-state index in [1.165, 1.54) is 40.8 Å². The maximum atomic E-state index is 3.51. The fraction of sp³-hybridized carbons (Fsp3) is 0.391. The topological polar surface area (TPSA) is 15.3 Å². The number of nitrogens with one attached hydrogen (secondary N) is 1. The standard InChI is InChI=1S/C23H28N2/c1-2-3-12-22(25-15-13-24-14-16-25)23-20-10-6-4-8-18(20)17-19-9-5-7-11-21(19)23/h4-11,17,22,24H,2-3,12-16H2,1H3/t22-/m1/s1. The van der Waals surface area contributed by atoms with Crippen molar-refractivity contribution in [2.45, 2.75) is 32.2 Å². The van der Waals surface area contributed by atoms with Crippen LogP contribution in [0.4, 0.5) is 0 Å². The smallest absolute Gasteiger partial charge is 0.0361 e. The van der Waals surface area contributed by atoms with Gasteiger partial charge in [-0.2, -0.15) is 0 Å². The molecule has 0 radical (unpaired) electrons. The number of rotatable bonds is 5. The van der Waals surface area contributed by atoms with Crippen molar-refractivity contribution < 1.29 is 0 Å². The van der Waals surface area contributed by atoms with E-state index in [0.717, 1.165) is 26.2 Å². The zero-order valence-electron chi connectivity index (χ0n) is 15.2. The van der Waals surface area contributed by atoms with Crippen molar-refractivity contribution in [3.63, 3.8) is 0 Å². The van der Waals surface area contributed by atoms with Gasteiger partial charge in [-0.1, -0.05) is 68.3 Å². The summed E-state index contributed by atoms with van der Waals surface area (Å²) in [5, 5.41) is 9.11. The highest BCUT2D eigenvalue weighted by Crippen LogP contribution is 2.38. The van der Waals surface area contributed by atoms with Crippen LogP contribution in [-0.4, -0.2) is 31.1 Å². The average molecular weight is 332 g/mol. The summed E-state index contributed by atoms with van der Waals surface area (Å²) in [4.78, 5) is 2.71. The molecule has 2 heteroatoms. The van der Waals surface area contributed by atoms with E-state index in [1.807, 2.05) is 0 Å². The second-order valence-electron chi connectivity index (χ2n) is 7.18. The number of hydrogen-bond acceptors (Lipinski definition) is 2. The minimum Gasteiger partial charge on any atom is -0.314 e. The molecule has 1 saturated heterocycles. The molecule has 0 unspecified atom stereocenters. The minimum absolute atomic E-state index is 0.512. The number of hydrogen-bond donors (Lipinski definition) is 1. The van der Waals surface area contributed by atoms with E-state index < -0.39 is 0 Å². The molecule has 1 aliphatic rings. The Balaban J connectivity index is 1.92. The molecule has 3 aromatic rings. The van der Waals surface area contributed by atoms with Gasteiger partial charge in [0, 0.05) is 32.2 Å². The molecule has 0 spiro atoms. The molecule has 0 aromatic heterocycles. The van der Waals surface area contributed by atoms with Crippen molar-refractivity contribution >= 4 is 21.5 Å². The molecule has 1 aliphatic heterocycles. The lowest BCUT2D eigenvalue weighted by molar-refractivity contribution is 0.165. The van der Waals surface area contributed by atoms with Crippen LogP contribution in [0.15, 0.2) is 54.6 Å². The Kier molecular flexibility index (Phi) is 5.00. The van der Waals surface area contributed by atoms with Gasteiger partial charge in [-0.05, 0) is 39.6 Å². The lowest BCUT2D eigenvalue weighted by Crippen LogP contribution is -2.45. The van der Waals surface area contributed by atoms with Crippen LogP contribution in [0.3, 0.4) is 0 Å². The zero-order chi connectivity index (χ0) is 17.1. The van der Waals surface area contributed by atoms with Gasteiger partial charge in [-0.3, -0.25) is 4.90 Å². The predicted molar refractivity (Wildman–Crippen MR) is 108 cm³/mol. The van der Waals surface area contributed by atoms with Crippen molar-refractivity contribution in [2.24, 2.45) is 0 Å². The fourth-order valence-electron chi connectivity index (χ4n) is 4.31. The van der Waals surface area contributed by atoms with Crippen LogP contribution >= 0.6 is 0 Å². The van der Waals surface area contributed by atoms with Crippen molar-refractivity contribution in [2.75, 3.05) is 26.2 Å². The van der Waals surface area contributed by atoms with Crippen LogP contribution in [-0.2, 0) is 0 Å². The second-order valence-corrected chi connectivity index (χ2v) is 7.18. The van der Waals surface area contributed by atoms with Crippen LogP contribution in [0.5, 0.6) is 0 Å². The van der Waals surface area contributed by atoms with E-state index in [1.54, 1.807) is 5.56 Å². The van der Waals surface area contributed by atoms with Gasteiger partial charge in [0.1, 0.15) is 0 Å². The summed E-state index contributed by atoms with van der Waals surface area (Å²) < 4.78 is 0. The summed E-state index contributed by atoms with van der Waals surface area (Å²) in [6.45, 7) is 6.80. The van der Waals surface area contributed by atoms with E-state index in [-0.39, 0.29) is 0 Å². The molecule has 1 heterocycles. The van der Waals surface area contributed by atoms with Crippen LogP contribution in [0.2, 0.25) is 0 Å². The van der Waals surface area contributed by atoms with E-state index in [0.29, 0.717) is 6.04 Å². The number of fused-ring (bicyclic) bond motifs is 2. The fourth-order valence-corrected chi connectivity index (χ4v) is 4.31. The normalized spacial score (nSPS) is 17.2. The Labute approximate surface area is 150 Å². The molecule has 0 aliphatic carbocycles. The maximum Gasteiger partial charge on any atom is 0.0361 e. The first-order chi connectivity index (χ1) is 12.4. The molecule has 0 saturated carbocycles. The van der Waals surface area contributed by atoms with Crippen LogP contribution in [0.1, 0.15) is 37.8 Å². The number of benzene rings is 3. The van der Waals surface area contributed by atoms with Crippen molar-refractivity contribution in [1.82, 2.24) is 10.2 Å². The Morgan fingerprint density at radius 2 is 1.52 bits per heavy atom. The monoisotopic (exact) mass is 332 g/mol. The molecule has 130 valence electrons. The summed E-state index contributed by atoms with van der Waals surface area (Å²) in [6.07, 6.45) is 3.78. The molecular formula is C23H28N2. The van der Waals surface area contributed by atoms with Gasteiger partial charge in [-0.15, -0.1) is 0 Å².